The summed E-state index contributed by atoms with van der Waals surface area (Å²) in [5.41, 5.74) is 2.50. The minimum absolute atomic E-state index is 0.841. The molecule has 0 bridgehead atoms. The Bertz CT molecular complexity index is 362. The summed E-state index contributed by atoms with van der Waals surface area (Å²) in [4.78, 5) is 4.59. The number of thioether (sulfide) groups is 1. The van der Waals surface area contributed by atoms with Crippen LogP contribution in [0.25, 0.3) is 0 Å². The number of nitrogens with zero attached hydrogens (tertiary/aromatic N) is 1. The number of para-hydroxylation sites is 1. The number of benzene rings is 1. The van der Waals surface area contributed by atoms with Gasteiger partial charge >= 0.3 is 0 Å². The van der Waals surface area contributed by atoms with Crippen LogP contribution in [-0.4, -0.2) is 24.5 Å². The van der Waals surface area contributed by atoms with Gasteiger partial charge in [0.2, 0.25) is 0 Å². The Kier molecular flexibility index (Phi) is 3.80. The van der Waals surface area contributed by atoms with Gasteiger partial charge in [-0.3, -0.25) is 0 Å². The van der Waals surface area contributed by atoms with Crippen LogP contribution >= 0.6 is 11.8 Å². The molecule has 80 valence electrons. The number of hydrogen-bond donors (Lipinski definition) is 0. The Morgan fingerprint density at radius 2 is 2.27 bits per heavy atom. The third-order valence-corrected chi connectivity index (χ3v) is 3.40. The molecule has 15 heavy (non-hydrogen) atoms. The Labute approximate surface area is 94.7 Å². The Morgan fingerprint density at radius 3 is 3.07 bits per heavy atom. The van der Waals surface area contributed by atoms with Gasteiger partial charge in [-0.25, -0.2) is 4.99 Å². The van der Waals surface area contributed by atoms with Gasteiger partial charge in [-0.15, -0.1) is 11.8 Å². The van der Waals surface area contributed by atoms with Crippen LogP contribution in [0.2, 0.25) is 0 Å². The predicted octanol–water partition coefficient (Wildman–Crippen LogP) is 3.04. The fourth-order valence-corrected chi connectivity index (χ4v) is 2.50. The molecule has 0 amide bonds. The van der Waals surface area contributed by atoms with Crippen LogP contribution in [0.4, 0.5) is 5.69 Å². The van der Waals surface area contributed by atoms with Crippen LogP contribution in [0.3, 0.4) is 0 Å². The molecule has 0 aromatic heterocycles. The molecule has 0 saturated carbocycles. The quantitative estimate of drug-likeness (QED) is 0.729. The van der Waals surface area contributed by atoms with E-state index in [1.54, 1.807) is 7.11 Å². The normalized spacial score (nSPS) is 13.8. The Balaban J connectivity index is 1.83. The number of aliphatic imine (C=N–C) groups is 1. The first kappa shape index (κ1) is 10.7. The smallest absolute Gasteiger partial charge is 0.0783 e. The van der Waals surface area contributed by atoms with Gasteiger partial charge in [0.05, 0.1) is 10.7 Å². The van der Waals surface area contributed by atoms with E-state index in [-0.39, 0.29) is 0 Å². The maximum absolute atomic E-state index is 5.02. The van der Waals surface area contributed by atoms with E-state index in [1.165, 1.54) is 10.6 Å². The minimum Gasteiger partial charge on any atom is -0.385 e. The summed E-state index contributed by atoms with van der Waals surface area (Å²) in [6.07, 6.45) is 2.10. The van der Waals surface area contributed by atoms with Crippen LogP contribution in [0, 0.1) is 0 Å². The second kappa shape index (κ2) is 5.33. The Hall–Kier alpha value is -0.800. The standard InChI is InChI=1S/C12H15NOS/c1-14-7-4-8-15-12-9-10-5-2-3-6-11(10)13-12/h2-3,5-6H,4,7-9H2,1H3. The van der Waals surface area contributed by atoms with Crippen molar-refractivity contribution in [2.75, 3.05) is 19.5 Å². The van der Waals surface area contributed by atoms with Gasteiger partial charge in [0.1, 0.15) is 0 Å². The van der Waals surface area contributed by atoms with Gasteiger partial charge in [0.15, 0.2) is 0 Å². The van der Waals surface area contributed by atoms with Crippen molar-refractivity contribution in [3.05, 3.63) is 29.8 Å². The van der Waals surface area contributed by atoms with Gasteiger partial charge in [-0.05, 0) is 18.1 Å². The van der Waals surface area contributed by atoms with Gasteiger partial charge in [-0.1, -0.05) is 18.2 Å². The van der Waals surface area contributed by atoms with Crippen molar-refractivity contribution < 1.29 is 4.74 Å². The maximum Gasteiger partial charge on any atom is 0.0783 e. The summed E-state index contributed by atoms with van der Waals surface area (Å²) in [5.74, 6) is 1.10. The van der Waals surface area contributed by atoms with Crippen molar-refractivity contribution in [1.29, 1.82) is 0 Å². The zero-order valence-corrected chi connectivity index (χ0v) is 9.72. The summed E-state index contributed by atoms with van der Waals surface area (Å²) in [7, 11) is 1.74. The molecule has 1 heterocycles. The fraction of sp³-hybridized carbons (Fsp3) is 0.417. The topological polar surface area (TPSA) is 21.6 Å². The highest BCUT2D eigenvalue weighted by Crippen LogP contribution is 2.29. The molecule has 0 fully saturated rings. The lowest BCUT2D eigenvalue weighted by molar-refractivity contribution is 0.200. The van der Waals surface area contributed by atoms with Crippen LogP contribution in [0.15, 0.2) is 29.3 Å². The molecule has 0 radical (unpaired) electrons. The molecule has 1 aromatic rings. The van der Waals surface area contributed by atoms with Crippen LogP contribution < -0.4 is 0 Å². The molecule has 0 aliphatic carbocycles. The average molecular weight is 221 g/mol. The van der Waals surface area contributed by atoms with E-state index in [4.69, 9.17) is 4.74 Å². The molecule has 3 heteroatoms. The van der Waals surface area contributed by atoms with Crippen LogP contribution in [0.1, 0.15) is 12.0 Å². The summed E-state index contributed by atoms with van der Waals surface area (Å²) >= 11 is 1.85. The van der Waals surface area contributed by atoms with Crippen molar-refractivity contribution in [3.8, 4) is 0 Å². The zero-order valence-electron chi connectivity index (χ0n) is 8.90. The lowest BCUT2D eigenvalue weighted by atomic mass is 10.2. The molecule has 2 rings (SSSR count). The van der Waals surface area contributed by atoms with Crippen LogP contribution in [-0.2, 0) is 11.2 Å². The third kappa shape index (κ3) is 2.83. The zero-order chi connectivity index (χ0) is 10.5. The SMILES string of the molecule is COCCCSC1=Nc2ccccc2C1. The molecule has 1 aromatic carbocycles. The van der Waals surface area contributed by atoms with Gasteiger partial charge < -0.3 is 4.74 Å². The molecular formula is C12H15NOS. The average Bonchev–Trinajstić information content (AvgIpc) is 2.67. The monoisotopic (exact) mass is 221 g/mol. The highest BCUT2D eigenvalue weighted by molar-refractivity contribution is 8.14. The Morgan fingerprint density at radius 1 is 1.40 bits per heavy atom. The van der Waals surface area contributed by atoms with Crippen molar-refractivity contribution in [1.82, 2.24) is 0 Å². The van der Waals surface area contributed by atoms with Crippen LogP contribution in [0.5, 0.6) is 0 Å². The molecule has 0 unspecified atom stereocenters. The molecule has 0 atom stereocenters. The van der Waals surface area contributed by atoms with Crippen molar-refractivity contribution >= 4 is 22.5 Å². The first-order chi connectivity index (χ1) is 7.40. The van der Waals surface area contributed by atoms with Gasteiger partial charge in [0.25, 0.3) is 0 Å². The molecule has 1 aliphatic rings. The highest BCUT2D eigenvalue weighted by atomic mass is 32.2. The molecular weight excluding hydrogens is 206 g/mol. The van der Waals surface area contributed by atoms with Gasteiger partial charge in [0, 0.05) is 25.9 Å². The number of rotatable bonds is 4. The summed E-state index contributed by atoms with van der Waals surface area (Å²) in [6, 6.07) is 8.35. The molecule has 0 spiro atoms. The lowest BCUT2D eigenvalue weighted by Gasteiger charge is -1.99. The highest BCUT2D eigenvalue weighted by Gasteiger charge is 2.13. The lowest BCUT2D eigenvalue weighted by Crippen LogP contribution is -1.96. The number of methoxy groups -OCH3 is 1. The predicted molar refractivity (Wildman–Crippen MR) is 66.2 cm³/mol. The van der Waals surface area contributed by atoms with E-state index in [0.717, 1.165) is 30.9 Å². The summed E-state index contributed by atoms with van der Waals surface area (Å²) in [5, 5.41) is 1.24. The van der Waals surface area contributed by atoms with E-state index in [9.17, 15) is 0 Å². The number of hydrogen-bond acceptors (Lipinski definition) is 3. The number of fused-ring (bicyclic) bond motifs is 1. The number of ether oxygens (including phenoxy) is 1. The fourth-order valence-electron chi connectivity index (χ4n) is 1.58. The second-order valence-electron chi connectivity index (χ2n) is 3.51. The first-order valence-electron chi connectivity index (χ1n) is 5.17. The van der Waals surface area contributed by atoms with Gasteiger partial charge in [-0.2, -0.15) is 0 Å². The minimum atomic E-state index is 0.841. The van der Waals surface area contributed by atoms with E-state index >= 15 is 0 Å². The van der Waals surface area contributed by atoms with E-state index in [1.807, 2.05) is 17.8 Å². The molecule has 2 nitrogen and oxygen atoms in total. The molecule has 0 N–H and O–H groups in total. The summed E-state index contributed by atoms with van der Waals surface area (Å²) < 4.78 is 5.02. The van der Waals surface area contributed by atoms with Crippen molar-refractivity contribution in [3.63, 3.8) is 0 Å². The first-order valence-corrected chi connectivity index (χ1v) is 6.16. The van der Waals surface area contributed by atoms with Crippen molar-refractivity contribution in [2.45, 2.75) is 12.8 Å². The van der Waals surface area contributed by atoms with E-state index in [0.29, 0.717) is 0 Å². The molecule has 1 aliphatic heterocycles. The van der Waals surface area contributed by atoms with E-state index in [2.05, 4.69) is 23.2 Å². The molecule has 0 saturated heterocycles. The maximum atomic E-state index is 5.02. The second-order valence-corrected chi connectivity index (χ2v) is 4.67. The summed E-state index contributed by atoms with van der Waals surface area (Å²) in [6.45, 7) is 0.841. The van der Waals surface area contributed by atoms with Crippen molar-refractivity contribution in [2.24, 2.45) is 4.99 Å². The van der Waals surface area contributed by atoms with E-state index < -0.39 is 0 Å². The third-order valence-electron chi connectivity index (χ3n) is 2.34. The largest absolute Gasteiger partial charge is 0.385 e.